The third-order valence-corrected chi connectivity index (χ3v) is 3.17. The van der Waals surface area contributed by atoms with Gasteiger partial charge in [0, 0.05) is 12.2 Å². The topological polar surface area (TPSA) is 41.5 Å². The molecule has 3 nitrogen and oxygen atoms in total. The highest BCUT2D eigenvalue weighted by Gasteiger charge is 2.08. The van der Waals surface area contributed by atoms with Crippen LogP contribution in [0.1, 0.15) is 17.2 Å². The lowest BCUT2D eigenvalue weighted by Crippen LogP contribution is -2.12. The summed E-state index contributed by atoms with van der Waals surface area (Å²) in [6, 6.07) is 11.8. The summed E-state index contributed by atoms with van der Waals surface area (Å²) < 4.78 is 18.1. The summed E-state index contributed by atoms with van der Waals surface area (Å²) in [5.41, 5.74) is 2.43. The van der Waals surface area contributed by atoms with Crippen LogP contribution in [0.4, 0.5) is 10.1 Å². The number of ether oxygens (including phenoxy) is 1. The van der Waals surface area contributed by atoms with Crippen LogP contribution < -0.4 is 10.1 Å². The molecule has 2 aromatic rings. The highest BCUT2D eigenvalue weighted by Crippen LogP contribution is 2.20. The summed E-state index contributed by atoms with van der Waals surface area (Å²) in [5, 5.41) is 13.2. The molecule has 0 aliphatic heterocycles. The number of methoxy groups -OCH3 is 1. The Kier molecular flexibility index (Phi) is 4.58. The van der Waals surface area contributed by atoms with Gasteiger partial charge in [0.2, 0.25) is 0 Å². The van der Waals surface area contributed by atoms with Gasteiger partial charge in [0.05, 0.1) is 13.2 Å². The first-order chi connectivity index (χ1) is 9.60. The van der Waals surface area contributed by atoms with Crippen LogP contribution in [0.3, 0.4) is 0 Å². The summed E-state index contributed by atoms with van der Waals surface area (Å²) >= 11 is 0. The van der Waals surface area contributed by atoms with E-state index in [4.69, 9.17) is 4.74 Å². The Hall–Kier alpha value is -2.07. The zero-order valence-corrected chi connectivity index (χ0v) is 11.6. The fraction of sp³-hybridized carbons (Fsp3) is 0.250. The number of nitrogens with one attached hydrogen (secondary N) is 1. The fourth-order valence-corrected chi connectivity index (χ4v) is 1.98. The Morgan fingerprint density at radius 2 is 1.90 bits per heavy atom. The van der Waals surface area contributed by atoms with Gasteiger partial charge in [-0.25, -0.2) is 4.39 Å². The maximum atomic E-state index is 13.0. The second-order valence-corrected chi connectivity index (χ2v) is 4.63. The molecule has 0 spiro atoms. The second kappa shape index (κ2) is 6.39. The number of hydrogen-bond donors (Lipinski definition) is 2. The standard InChI is InChI=1S/C16H18FNO2/c1-11-9-13(17)5-8-15(11)18-10-16(19)12-3-6-14(20-2)7-4-12/h3-9,16,18-19H,10H2,1-2H3. The number of anilines is 1. The molecule has 0 fully saturated rings. The van der Waals surface area contributed by atoms with Gasteiger partial charge in [0.15, 0.2) is 0 Å². The van der Waals surface area contributed by atoms with Gasteiger partial charge in [-0.2, -0.15) is 0 Å². The first kappa shape index (κ1) is 14.3. The van der Waals surface area contributed by atoms with Crippen molar-refractivity contribution in [3.05, 3.63) is 59.4 Å². The van der Waals surface area contributed by atoms with Crippen LogP contribution in [-0.2, 0) is 0 Å². The lowest BCUT2D eigenvalue weighted by atomic mass is 10.1. The van der Waals surface area contributed by atoms with Gasteiger partial charge >= 0.3 is 0 Å². The third kappa shape index (κ3) is 3.48. The molecule has 2 N–H and O–H groups in total. The Morgan fingerprint density at radius 1 is 1.20 bits per heavy atom. The molecule has 20 heavy (non-hydrogen) atoms. The number of hydrogen-bond acceptors (Lipinski definition) is 3. The number of aliphatic hydroxyl groups excluding tert-OH is 1. The molecule has 0 saturated carbocycles. The summed E-state index contributed by atoms with van der Waals surface area (Å²) in [5.74, 6) is 0.493. The van der Waals surface area contributed by atoms with E-state index in [0.29, 0.717) is 6.54 Å². The van der Waals surface area contributed by atoms with Gasteiger partial charge in [0.1, 0.15) is 11.6 Å². The van der Waals surface area contributed by atoms with Crippen LogP contribution >= 0.6 is 0 Å². The van der Waals surface area contributed by atoms with Crippen LogP contribution in [0.25, 0.3) is 0 Å². The predicted molar refractivity (Wildman–Crippen MR) is 77.6 cm³/mol. The summed E-state index contributed by atoms with van der Waals surface area (Å²) in [6.07, 6.45) is -0.634. The van der Waals surface area contributed by atoms with Gasteiger partial charge in [-0.1, -0.05) is 12.1 Å². The van der Waals surface area contributed by atoms with E-state index in [0.717, 1.165) is 22.6 Å². The molecule has 2 rings (SSSR count). The minimum Gasteiger partial charge on any atom is -0.497 e. The number of halogens is 1. The first-order valence-corrected chi connectivity index (χ1v) is 6.42. The van der Waals surface area contributed by atoms with Crippen LogP contribution in [-0.4, -0.2) is 18.8 Å². The SMILES string of the molecule is COc1ccc(C(O)CNc2ccc(F)cc2C)cc1. The number of benzene rings is 2. The first-order valence-electron chi connectivity index (χ1n) is 6.42. The van der Waals surface area contributed by atoms with Gasteiger partial charge in [-0.15, -0.1) is 0 Å². The molecule has 0 aliphatic rings. The molecule has 1 unspecified atom stereocenters. The van der Waals surface area contributed by atoms with Gasteiger partial charge in [0.25, 0.3) is 0 Å². The minimum atomic E-state index is -0.634. The van der Waals surface area contributed by atoms with E-state index < -0.39 is 6.10 Å². The van der Waals surface area contributed by atoms with Gasteiger partial charge in [-0.05, 0) is 48.4 Å². The van der Waals surface area contributed by atoms with E-state index in [1.165, 1.54) is 12.1 Å². The number of rotatable bonds is 5. The lowest BCUT2D eigenvalue weighted by molar-refractivity contribution is 0.191. The van der Waals surface area contributed by atoms with Crippen LogP contribution in [0.2, 0.25) is 0 Å². The van der Waals surface area contributed by atoms with Crippen molar-refractivity contribution in [3.63, 3.8) is 0 Å². The van der Waals surface area contributed by atoms with E-state index in [2.05, 4.69) is 5.32 Å². The van der Waals surface area contributed by atoms with Crippen molar-refractivity contribution in [1.82, 2.24) is 0 Å². The normalized spacial score (nSPS) is 12.0. The van der Waals surface area contributed by atoms with Crippen molar-refractivity contribution in [1.29, 1.82) is 0 Å². The predicted octanol–water partition coefficient (Wildman–Crippen LogP) is 3.29. The van der Waals surface area contributed by atoms with Crippen molar-refractivity contribution in [2.24, 2.45) is 0 Å². The molecule has 1 atom stereocenters. The molecule has 0 radical (unpaired) electrons. The minimum absolute atomic E-state index is 0.260. The molecule has 0 saturated heterocycles. The Labute approximate surface area is 118 Å². The van der Waals surface area contributed by atoms with E-state index in [-0.39, 0.29) is 5.82 Å². The molecule has 106 valence electrons. The fourth-order valence-electron chi connectivity index (χ4n) is 1.98. The van der Waals surface area contributed by atoms with Crippen LogP contribution in [0.5, 0.6) is 5.75 Å². The Balaban J connectivity index is 1.98. The quantitative estimate of drug-likeness (QED) is 0.879. The Bertz CT molecular complexity index is 569. The number of aryl methyl sites for hydroxylation is 1. The van der Waals surface area contributed by atoms with Crippen LogP contribution in [0, 0.1) is 12.7 Å². The van der Waals surface area contributed by atoms with Crippen molar-refractivity contribution in [3.8, 4) is 5.75 Å². The van der Waals surface area contributed by atoms with Crippen molar-refractivity contribution in [2.45, 2.75) is 13.0 Å². The average molecular weight is 275 g/mol. The zero-order chi connectivity index (χ0) is 14.5. The number of aliphatic hydroxyl groups is 1. The van der Waals surface area contributed by atoms with Crippen LogP contribution in [0.15, 0.2) is 42.5 Å². The van der Waals surface area contributed by atoms with E-state index in [1.807, 2.05) is 31.2 Å². The molecule has 0 bridgehead atoms. The second-order valence-electron chi connectivity index (χ2n) is 4.63. The van der Waals surface area contributed by atoms with Crippen molar-refractivity contribution >= 4 is 5.69 Å². The lowest BCUT2D eigenvalue weighted by Gasteiger charge is -2.15. The third-order valence-electron chi connectivity index (χ3n) is 3.17. The van der Waals surface area contributed by atoms with Crippen molar-refractivity contribution < 1.29 is 14.2 Å². The van der Waals surface area contributed by atoms with E-state index in [1.54, 1.807) is 13.2 Å². The molecular formula is C16H18FNO2. The summed E-state index contributed by atoms with van der Waals surface area (Å²) in [7, 11) is 1.60. The maximum Gasteiger partial charge on any atom is 0.123 e. The molecule has 0 aliphatic carbocycles. The molecular weight excluding hydrogens is 257 g/mol. The molecule has 2 aromatic carbocycles. The molecule has 4 heteroatoms. The average Bonchev–Trinajstić information content (AvgIpc) is 2.46. The summed E-state index contributed by atoms with van der Waals surface area (Å²) in [4.78, 5) is 0. The van der Waals surface area contributed by atoms with Gasteiger partial charge < -0.3 is 15.2 Å². The van der Waals surface area contributed by atoms with Gasteiger partial charge in [-0.3, -0.25) is 0 Å². The zero-order valence-electron chi connectivity index (χ0n) is 11.6. The maximum absolute atomic E-state index is 13.0. The monoisotopic (exact) mass is 275 g/mol. The van der Waals surface area contributed by atoms with E-state index in [9.17, 15) is 9.50 Å². The molecule has 0 heterocycles. The Morgan fingerprint density at radius 3 is 2.50 bits per heavy atom. The van der Waals surface area contributed by atoms with Crippen molar-refractivity contribution in [2.75, 3.05) is 19.0 Å². The molecule has 0 amide bonds. The largest absolute Gasteiger partial charge is 0.497 e. The highest BCUT2D eigenvalue weighted by atomic mass is 19.1. The highest BCUT2D eigenvalue weighted by molar-refractivity contribution is 5.50. The smallest absolute Gasteiger partial charge is 0.123 e. The molecule has 0 aromatic heterocycles. The summed E-state index contributed by atoms with van der Waals surface area (Å²) in [6.45, 7) is 2.18. The van der Waals surface area contributed by atoms with E-state index >= 15 is 0 Å².